The maximum atomic E-state index is 13.1. The van der Waals surface area contributed by atoms with Gasteiger partial charge < -0.3 is 33.8 Å². The summed E-state index contributed by atoms with van der Waals surface area (Å²) in [5, 5.41) is 10.6. The van der Waals surface area contributed by atoms with Crippen molar-refractivity contribution in [3.8, 4) is 0 Å². The van der Waals surface area contributed by atoms with E-state index in [1.165, 1.54) is 225 Å². The lowest BCUT2D eigenvalue weighted by Crippen LogP contribution is -2.30. The number of esters is 4. The highest BCUT2D eigenvalue weighted by molar-refractivity contribution is 7.47. The number of unbranched alkanes of at least 4 members (excludes halogenated alkanes) is 45. The maximum absolute atomic E-state index is 13.1. The fourth-order valence-corrected chi connectivity index (χ4v) is 13.9. The van der Waals surface area contributed by atoms with E-state index in [0.29, 0.717) is 25.7 Å². The first-order chi connectivity index (χ1) is 47.8. The highest BCUT2D eigenvalue weighted by Gasteiger charge is 2.30. The molecule has 19 heteroatoms. The first kappa shape index (κ1) is 97.1. The third kappa shape index (κ3) is 72.8. The minimum Gasteiger partial charge on any atom is -0.462 e. The number of aliphatic hydroxyl groups excluding tert-OH is 1. The van der Waals surface area contributed by atoms with Gasteiger partial charge in [-0.15, -0.1) is 0 Å². The van der Waals surface area contributed by atoms with Gasteiger partial charge in [-0.1, -0.05) is 363 Å². The van der Waals surface area contributed by atoms with Crippen LogP contribution in [0.4, 0.5) is 0 Å². The van der Waals surface area contributed by atoms with Crippen molar-refractivity contribution in [1.82, 2.24) is 0 Å². The molecule has 3 N–H and O–H groups in total. The Morgan fingerprint density at radius 3 is 0.768 bits per heavy atom. The second-order valence-electron chi connectivity index (χ2n) is 30.0. The van der Waals surface area contributed by atoms with Crippen molar-refractivity contribution < 1.29 is 80.2 Å². The third-order valence-electron chi connectivity index (χ3n) is 19.0. The molecule has 0 aromatic carbocycles. The summed E-state index contributed by atoms with van der Waals surface area (Å²) in [6.07, 6.45) is 58.1. The zero-order chi connectivity index (χ0) is 73.0. The Kier molecular flexibility index (Phi) is 69.0. The van der Waals surface area contributed by atoms with Gasteiger partial charge in [0.05, 0.1) is 26.4 Å². The molecule has 588 valence electrons. The molecule has 0 saturated carbocycles. The van der Waals surface area contributed by atoms with Crippen molar-refractivity contribution in [2.45, 2.75) is 433 Å². The number of carbonyl (C=O) groups excluding carboxylic acids is 4. The fourth-order valence-electron chi connectivity index (χ4n) is 12.3. The molecule has 0 aliphatic carbocycles. The maximum Gasteiger partial charge on any atom is 0.472 e. The van der Waals surface area contributed by atoms with Crippen molar-refractivity contribution >= 4 is 39.5 Å². The topological polar surface area (TPSA) is 237 Å². The molecular formula is C80H156O17P2. The zero-order valence-electron chi connectivity index (χ0n) is 65.0. The number of ether oxygens (including phenoxy) is 4. The van der Waals surface area contributed by atoms with Crippen LogP contribution in [0.5, 0.6) is 0 Å². The molecule has 17 nitrogen and oxygen atoms in total. The number of phosphoric acid groups is 2. The number of aliphatic hydroxyl groups is 1. The molecule has 6 atom stereocenters. The van der Waals surface area contributed by atoms with Gasteiger partial charge in [0.15, 0.2) is 12.2 Å². The summed E-state index contributed by atoms with van der Waals surface area (Å²) in [5.41, 5.74) is 0. The summed E-state index contributed by atoms with van der Waals surface area (Å²) >= 11 is 0. The van der Waals surface area contributed by atoms with E-state index >= 15 is 0 Å². The Bertz CT molecular complexity index is 1920. The van der Waals surface area contributed by atoms with Gasteiger partial charge >= 0.3 is 39.5 Å². The molecule has 0 amide bonds. The van der Waals surface area contributed by atoms with E-state index in [1.54, 1.807) is 0 Å². The van der Waals surface area contributed by atoms with E-state index in [2.05, 4.69) is 48.5 Å². The average molecular weight is 1450 g/mol. The molecule has 0 radical (unpaired) electrons. The minimum atomic E-state index is -4.96. The molecule has 99 heavy (non-hydrogen) atoms. The van der Waals surface area contributed by atoms with Crippen LogP contribution < -0.4 is 0 Å². The smallest absolute Gasteiger partial charge is 0.462 e. The first-order valence-electron chi connectivity index (χ1n) is 41.4. The number of rotatable bonds is 78. The summed E-state index contributed by atoms with van der Waals surface area (Å²) in [7, 11) is -9.92. The van der Waals surface area contributed by atoms with Crippen LogP contribution in [-0.2, 0) is 65.4 Å². The lowest BCUT2D eigenvalue weighted by Gasteiger charge is -2.21. The summed E-state index contributed by atoms with van der Waals surface area (Å²) < 4.78 is 68.7. The van der Waals surface area contributed by atoms with Crippen molar-refractivity contribution in [2.75, 3.05) is 39.6 Å². The van der Waals surface area contributed by atoms with E-state index < -0.39 is 97.5 Å². The Hall–Kier alpha value is -1.94. The van der Waals surface area contributed by atoms with Gasteiger partial charge in [0.1, 0.15) is 19.3 Å². The Morgan fingerprint density at radius 1 is 0.293 bits per heavy atom. The quantitative estimate of drug-likeness (QED) is 0.0222. The van der Waals surface area contributed by atoms with Crippen molar-refractivity contribution in [3.63, 3.8) is 0 Å². The van der Waals surface area contributed by atoms with E-state index in [9.17, 15) is 43.2 Å². The third-order valence-corrected chi connectivity index (χ3v) is 20.9. The van der Waals surface area contributed by atoms with Crippen molar-refractivity contribution in [2.24, 2.45) is 17.8 Å². The summed E-state index contributed by atoms with van der Waals surface area (Å²) in [4.78, 5) is 73.0. The van der Waals surface area contributed by atoms with Crippen LogP contribution in [0.2, 0.25) is 0 Å². The van der Waals surface area contributed by atoms with E-state index in [0.717, 1.165) is 108 Å². The number of phosphoric ester groups is 2. The summed E-state index contributed by atoms with van der Waals surface area (Å²) in [6, 6.07) is 0. The molecule has 0 fully saturated rings. The molecule has 3 unspecified atom stereocenters. The van der Waals surface area contributed by atoms with Crippen molar-refractivity contribution in [3.05, 3.63) is 0 Å². The predicted molar refractivity (Wildman–Crippen MR) is 405 cm³/mol. The lowest BCUT2D eigenvalue weighted by atomic mass is 9.99. The highest BCUT2D eigenvalue weighted by atomic mass is 31.2. The molecule has 0 aliphatic rings. The van der Waals surface area contributed by atoms with Gasteiger partial charge in [-0.3, -0.25) is 37.3 Å². The molecule has 0 saturated heterocycles. The second-order valence-corrected chi connectivity index (χ2v) is 32.9. The number of hydrogen-bond donors (Lipinski definition) is 3. The molecular weight excluding hydrogens is 1290 g/mol. The van der Waals surface area contributed by atoms with Gasteiger partial charge in [-0.05, 0) is 43.4 Å². The van der Waals surface area contributed by atoms with Crippen LogP contribution in [0.3, 0.4) is 0 Å². The monoisotopic (exact) mass is 1450 g/mol. The average Bonchev–Trinajstić information content (AvgIpc) is 1.13. The molecule has 0 rings (SSSR count). The molecule has 0 aromatic rings. The van der Waals surface area contributed by atoms with Crippen LogP contribution >= 0.6 is 15.6 Å². The van der Waals surface area contributed by atoms with Crippen LogP contribution in [-0.4, -0.2) is 96.7 Å². The van der Waals surface area contributed by atoms with Crippen LogP contribution in [0.1, 0.15) is 414 Å². The normalized spacial score (nSPS) is 14.3. The summed E-state index contributed by atoms with van der Waals surface area (Å²) in [6.45, 7) is 12.0. The van der Waals surface area contributed by atoms with Gasteiger partial charge in [-0.2, -0.15) is 0 Å². The standard InChI is InChI=1S/C80H156O17P2/c1-8-10-11-12-13-14-15-27-32-40-47-54-61-77(82)91-68-76(97-80(85)64-57-50-43-36-35-39-46-53-60-73(7)9-2)70-95-99(88,89)93-66-74(81)65-92-98(86,87)94-69-75(67-90-78(83)62-55-48-41-33-28-23-20-19-22-26-31-38-45-52-59-72(5)6)96-79(84)63-56-49-42-34-29-24-18-16-17-21-25-30-37-44-51-58-71(3)4/h71-76,81H,8-70H2,1-7H3,(H,86,87)(H,88,89)/t73?,74-,75-,76-/m1/s1. The SMILES string of the molecule is CCCCCCCCCCCCCCC(=O)OC[C@H](COP(=O)(O)OC[C@H](O)COP(=O)(O)OC[C@@H](COC(=O)CCCCCCCCCCCCCCCCC(C)C)OC(=O)CCCCCCCCCCCCCCCCCC(C)C)OC(=O)CCCCCCCCCCC(C)CC. The number of carbonyl (C=O) groups is 4. The Balaban J connectivity index is 5.26. The molecule has 0 aliphatic heterocycles. The molecule has 0 heterocycles. The van der Waals surface area contributed by atoms with Gasteiger partial charge in [0.2, 0.25) is 0 Å². The second kappa shape index (κ2) is 70.4. The fraction of sp³-hybridized carbons (Fsp3) is 0.950. The molecule has 0 spiro atoms. The van der Waals surface area contributed by atoms with Crippen LogP contribution in [0, 0.1) is 17.8 Å². The Morgan fingerprint density at radius 2 is 0.515 bits per heavy atom. The minimum absolute atomic E-state index is 0.105. The highest BCUT2D eigenvalue weighted by Crippen LogP contribution is 2.45. The zero-order valence-corrected chi connectivity index (χ0v) is 66.8. The van der Waals surface area contributed by atoms with Crippen LogP contribution in [0.15, 0.2) is 0 Å². The largest absolute Gasteiger partial charge is 0.472 e. The number of hydrogen-bond acceptors (Lipinski definition) is 15. The predicted octanol–water partition coefficient (Wildman–Crippen LogP) is 23.7. The van der Waals surface area contributed by atoms with E-state index in [-0.39, 0.29) is 25.7 Å². The first-order valence-corrected chi connectivity index (χ1v) is 44.4. The van der Waals surface area contributed by atoms with Gasteiger partial charge in [0.25, 0.3) is 0 Å². The van der Waals surface area contributed by atoms with Gasteiger partial charge in [-0.25, -0.2) is 9.13 Å². The molecule has 0 aromatic heterocycles. The van der Waals surface area contributed by atoms with E-state index in [1.807, 2.05) is 0 Å². The Labute approximate surface area is 607 Å². The molecule has 0 bridgehead atoms. The van der Waals surface area contributed by atoms with Crippen molar-refractivity contribution in [1.29, 1.82) is 0 Å². The van der Waals surface area contributed by atoms with E-state index in [4.69, 9.17) is 37.0 Å². The lowest BCUT2D eigenvalue weighted by molar-refractivity contribution is -0.161. The van der Waals surface area contributed by atoms with Crippen LogP contribution in [0.25, 0.3) is 0 Å². The summed E-state index contributed by atoms with van der Waals surface area (Å²) in [5.74, 6) is 0.259. The van der Waals surface area contributed by atoms with Gasteiger partial charge in [0, 0.05) is 25.7 Å².